The predicted molar refractivity (Wildman–Crippen MR) is 92.8 cm³/mol. The van der Waals surface area contributed by atoms with Crippen molar-refractivity contribution in [3.63, 3.8) is 0 Å². The number of nitrogens with zero attached hydrogens (tertiary/aromatic N) is 3. The van der Waals surface area contributed by atoms with Gasteiger partial charge in [-0.3, -0.25) is 0 Å². The Morgan fingerprint density at radius 1 is 0.769 bits per heavy atom. The molecule has 0 aromatic heterocycles. The van der Waals surface area contributed by atoms with Gasteiger partial charge in [0.2, 0.25) is 5.96 Å². The van der Waals surface area contributed by atoms with Crippen LogP contribution in [0.15, 0.2) is 39.6 Å². The Hall–Kier alpha value is -4.15. The third kappa shape index (κ3) is 4.44. The van der Waals surface area contributed by atoms with Crippen LogP contribution in [0.3, 0.4) is 0 Å². The summed E-state index contributed by atoms with van der Waals surface area (Å²) in [5, 5.41) is 66.7. The van der Waals surface area contributed by atoms with Gasteiger partial charge in [0.15, 0.2) is 34.5 Å². The van der Waals surface area contributed by atoms with Gasteiger partial charge in [0.1, 0.15) is 0 Å². The first kappa shape index (κ1) is 18.2. The molecule has 11 nitrogen and oxygen atoms in total. The molecule has 0 heterocycles. The van der Waals surface area contributed by atoms with E-state index in [2.05, 4.69) is 20.7 Å². The molecule has 136 valence electrons. The highest BCUT2D eigenvalue weighted by atomic mass is 16.3. The van der Waals surface area contributed by atoms with Gasteiger partial charge in [0, 0.05) is 11.1 Å². The number of nitrogens with two attached hydrogens (primary N) is 1. The molecule has 0 unspecified atom stereocenters. The van der Waals surface area contributed by atoms with Crippen LogP contribution in [0, 0.1) is 0 Å². The van der Waals surface area contributed by atoms with Gasteiger partial charge in [-0.25, -0.2) is 5.43 Å². The van der Waals surface area contributed by atoms with Crippen LogP contribution in [0.5, 0.6) is 34.5 Å². The summed E-state index contributed by atoms with van der Waals surface area (Å²) in [7, 11) is 0. The van der Waals surface area contributed by atoms with E-state index < -0.39 is 34.5 Å². The zero-order chi connectivity index (χ0) is 19.3. The molecule has 11 heteroatoms. The van der Waals surface area contributed by atoms with Crippen molar-refractivity contribution >= 4 is 18.4 Å². The molecule has 0 radical (unpaired) electrons. The van der Waals surface area contributed by atoms with E-state index in [1.54, 1.807) is 0 Å². The van der Waals surface area contributed by atoms with Crippen LogP contribution in [0.4, 0.5) is 0 Å². The highest BCUT2D eigenvalue weighted by Gasteiger charge is 2.07. The summed E-state index contributed by atoms with van der Waals surface area (Å²) >= 11 is 0. The van der Waals surface area contributed by atoms with Crippen molar-refractivity contribution in [1.82, 2.24) is 5.43 Å². The second-order valence-electron chi connectivity index (χ2n) is 4.92. The first-order valence-electron chi connectivity index (χ1n) is 6.93. The lowest BCUT2D eigenvalue weighted by Gasteiger charge is -2.02. The third-order valence-electron chi connectivity index (χ3n) is 2.95. The molecule has 2 rings (SSSR count). The summed E-state index contributed by atoms with van der Waals surface area (Å²) in [6.07, 6.45) is 2.36. The van der Waals surface area contributed by atoms with Crippen LogP contribution >= 0.6 is 0 Å². The van der Waals surface area contributed by atoms with Gasteiger partial charge in [0.25, 0.3) is 0 Å². The van der Waals surface area contributed by atoms with Gasteiger partial charge in [-0.05, 0) is 24.3 Å². The molecule has 0 fully saturated rings. The number of hydrogen-bond donors (Lipinski definition) is 8. The van der Waals surface area contributed by atoms with E-state index in [1.807, 2.05) is 0 Å². The molecular formula is C15H15N5O6. The Morgan fingerprint density at radius 2 is 1.19 bits per heavy atom. The zero-order valence-electron chi connectivity index (χ0n) is 13.1. The molecule has 26 heavy (non-hydrogen) atoms. The maximum Gasteiger partial charge on any atom is 0.234 e. The van der Waals surface area contributed by atoms with Gasteiger partial charge in [-0.15, -0.1) is 5.10 Å². The average molecular weight is 361 g/mol. The molecule has 0 aliphatic rings. The molecule has 0 aliphatic carbocycles. The number of guanidine groups is 1. The molecule has 0 bridgehead atoms. The fraction of sp³-hybridized carbons (Fsp3) is 0. The van der Waals surface area contributed by atoms with Crippen molar-refractivity contribution in [2.24, 2.45) is 21.0 Å². The monoisotopic (exact) mass is 361 g/mol. The van der Waals surface area contributed by atoms with Crippen molar-refractivity contribution < 1.29 is 30.6 Å². The lowest BCUT2D eigenvalue weighted by Crippen LogP contribution is -2.26. The minimum Gasteiger partial charge on any atom is -0.504 e. The Morgan fingerprint density at radius 3 is 1.65 bits per heavy atom. The van der Waals surface area contributed by atoms with E-state index in [0.717, 1.165) is 30.5 Å². The van der Waals surface area contributed by atoms with Gasteiger partial charge in [0.05, 0.1) is 12.4 Å². The first-order valence-corrected chi connectivity index (χ1v) is 6.93. The van der Waals surface area contributed by atoms with E-state index in [9.17, 15) is 30.6 Å². The SMILES string of the molecule is N/C(=N\N=C\c1cc(O)c(O)c(O)c1)N/N=C/c1cc(O)c(O)c(O)c1. The van der Waals surface area contributed by atoms with E-state index in [0.29, 0.717) is 0 Å². The minimum absolute atomic E-state index is 0.211. The van der Waals surface area contributed by atoms with Gasteiger partial charge < -0.3 is 36.4 Å². The average Bonchev–Trinajstić information content (AvgIpc) is 2.57. The van der Waals surface area contributed by atoms with Crippen molar-refractivity contribution in [3.8, 4) is 34.5 Å². The lowest BCUT2D eigenvalue weighted by molar-refractivity contribution is 0.368. The largest absolute Gasteiger partial charge is 0.504 e. The zero-order valence-corrected chi connectivity index (χ0v) is 13.1. The van der Waals surface area contributed by atoms with Crippen molar-refractivity contribution in [2.45, 2.75) is 0 Å². The number of nitrogens with one attached hydrogen (secondary N) is 1. The van der Waals surface area contributed by atoms with Crippen LogP contribution in [0.1, 0.15) is 11.1 Å². The van der Waals surface area contributed by atoms with E-state index in [-0.39, 0.29) is 17.1 Å². The van der Waals surface area contributed by atoms with Gasteiger partial charge in [-0.1, -0.05) is 0 Å². The fourth-order valence-electron chi connectivity index (χ4n) is 1.75. The molecule has 0 amide bonds. The van der Waals surface area contributed by atoms with Crippen molar-refractivity contribution in [2.75, 3.05) is 0 Å². The molecule has 2 aromatic rings. The number of hydrazone groups is 1. The number of rotatable bonds is 4. The molecule has 0 saturated heterocycles. The second kappa shape index (κ2) is 7.61. The number of benzene rings is 2. The van der Waals surface area contributed by atoms with Crippen LogP contribution in [0.25, 0.3) is 0 Å². The summed E-state index contributed by atoms with van der Waals surface area (Å²) in [6, 6.07) is 4.63. The third-order valence-corrected chi connectivity index (χ3v) is 2.95. The number of phenolic OH excluding ortho intramolecular Hbond substituents is 6. The molecule has 0 saturated carbocycles. The highest BCUT2D eigenvalue weighted by molar-refractivity contribution is 5.86. The second-order valence-corrected chi connectivity index (χ2v) is 4.92. The Bertz CT molecular complexity index is 863. The summed E-state index contributed by atoms with van der Waals surface area (Å²) in [6.45, 7) is 0. The van der Waals surface area contributed by atoms with E-state index in [1.165, 1.54) is 6.21 Å². The molecule has 2 aromatic carbocycles. The fourth-order valence-corrected chi connectivity index (χ4v) is 1.75. The minimum atomic E-state index is -0.646. The first-order chi connectivity index (χ1) is 12.3. The lowest BCUT2D eigenvalue weighted by atomic mass is 10.2. The van der Waals surface area contributed by atoms with Crippen molar-refractivity contribution in [3.05, 3.63) is 35.4 Å². The topological polar surface area (TPSA) is 197 Å². The van der Waals surface area contributed by atoms with Crippen LogP contribution < -0.4 is 11.2 Å². The van der Waals surface area contributed by atoms with E-state index >= 15 is 0 Å². The van der Waals surface area contributed by atoms with Crippen LogP contribution in [-0.4, -0.2) is 49.0 Å². The predicted octanol–water partition coefficient (Wildman–Crippen LogP) is 0.192. The molecule has 9 N–H and O–H groups in total. The van der Waals surface area contributed by atoms with E-state index in [4.69, 9.17) is 5.73 Å². The molecule has 0 spiro atoms. The number of phenols is 6. The Balaban J connectivity index is 2.00. The summed E-state index contributed by atoms with van der Waals surface area (Å²) in [5.74, 6) is -3.57. The summed E-state index contributed by atoms with van der Waals surface area (Å²) in [4.78, 5) is 0. The van der Waals surface area contributed by atoms with Crippen LogP contribution in [0.2, 0.25) is 0 Å². The number of hydrogen-bond acceptors (Lipinski definition) is 9. The molecule has 0 aliphatic heterocycles. The summed E-state index contributed by atoms with van der Waals surface area (Å²) < 4.78 is 0. The smallest absolute Gasteiger partial charge is 0.234 e. The standard InChI is InChI=1S/C15H15N5O6/c16-15(19-17-5-7-1-9(21)13(25)10(22)2-7)20-18-6-8-3-11(23)14(26)12(24)4-8/h1-6,21-26H,(H3,16,19,20)/b17-5+,18-6+. The van der Waals surface area contributed by atoms with Crippen molar-refractivity contribution in [1.29, 1.82) is 0 Å². The van der Waals surface area contributed by atoms with Crippen LogP contribution in [-0.2, 0) is 0 Å². The van der Waals surface area contributed by atoms with Gasteiger partial charge >= 0.3 is 0 Å². The Kier molecular flexibility index (Phi) is 5.33. The highest BCUT2D eigenvalue weighted by Crippen LogP contribution is 2.35. The maximum absolute atomic E-state index is 9.36. The van der Waals surface area contributed by atoms with Gasteiger partial charge in [-0.2, -0.15) is 10.2 Å². The number of aromatic hydroxyl groups is 6. The quantitative estimate of drug-likeness (QED) is 0.163. The molecular weight excluding hydrogens is 346 g/mol. The summed E-state index contributed by atoms with van der Waals surface area (Å²) in [5.41, 5.74) is 8.36. The molecule has 0 atom stereocenters. The maximum atomic E-state index is 9.36. The normalized spacial score (nSPS) is 12.1. The Labute approximate surface area is 146 Å².